The maximum atomic E-state index is 11.7. The summed E-state index contributed by atoms with van der Waals surface area (Å²) in [5.41, 5.74) is 1.52. The number of likely N-dealkylation sites (N-methyl/N-ethyl adjacent to an activating group) is 1. The molecule has 0 unspecified atom stereocenters. The predicted octanol–water partition coefficient (Wildman–Crippen LogP) is 1.96. The Morgan fingerprint density at radius 1 is 1.39 bits per heavy atom. The van der Waals surface area contributed by atoms with E-state index in [1.54, 1.807) is 12.3 Å². The van der Waals surface area contributed by atoms with Gasteiger partial charge in [-0.05, 0) is 32.5 Å². The molecule has 0 fully saturated rings. The first-order valence-corrected chi connectivity index (χ1v) is 5.57. The third-order valence-corrected chi connectivity index (χ3v) is 2.29. The number of aryl methyl sites for hydroxylation is 1. The van der Waals surface area contributed by atoms with Crippen molar-refractivity contribution in [2.45, 2.75) is 26.8 Å². The Morgan fingerprint density at radius 3 is 2.56 bits per heavy atom. The van der Waals surface area contributed by atoms with Crippen LogP contribution < -0.4 is 10.6 Å². The van der Waals surface area contributed by atoms with Crippen LogP contribution in [0.5, 0.6) is 0 Å². The molecule has 1 rings (SSSR count). The SMILES string of the molecule is CCN[C@H](C)CNC(=O)c1ccc(C)nc1.Cl.Cl. The lowest BCUT2D eigenvalue weighted by molar-refractivity contribution is 0.0950. The van der Waals surface area contributed by atoms with Gasteiger partial charge in [0, 0.05) is 24.5 Å². The van der Waals surface area contributed by atoms with Gasteiger partial charge in [-0.2, -0.15) is 0 Å². The second-order valence-corrected chi connectivity index (χ2v) is 3.86. The number of hydrogen-bond donors (Lipinski definition) is 2. The first-order valence-electron chi connectivity index (χ1n) is 5.57. The van der Waals surface area contributed by atoms with E-state index < -0.39 is 0 Å². The van der Waals surface area contributed by atoms with Gasteiger partial charge in [0.2, 0.25) is 0 Å². The fourth-order valence-electron chi connectivity index (χ4n) is 1.37. The van der Waals surface area contributed by atoms with Crippen molar-refractivity contribution in [1.82, 2.24) is 15.6 Å². The standard InChI is InChI=1S/C12H19N3O.2ClH/c1-4-13-10(3)7-15-12(16)11-6-5-9(2)14-8-11;;/h5-6,8,10,13H,4,7H2,1-3H3,(H,15,16);2*1H/t10-;;/m1../s1. The number of hydrogen-bond acceptors (Lipinski definition) is 3. The van der Waals surface area contributed by atoms with E-state index in [9.17, 15) is 4.79 Å². The number of carbonyl (C=O) groups is 1. The van der Waals surface area contributed by atoms with Crippen LogP contribution in [0.15, 0.2) is 18.3 Å². The zero-order valence-corrected chi connectivity index (χ0v) is 12.5. The summed E-state index contributed by atoms with van der Waals surface area (Å²) in [5.74, 6) is -0.0720. The van der Waals surface area contributed by atoms with Crippen molar-refractivity contribution in [3.05, 3.63) is 29.6 Å². The highest BCUT2D eigenvalue weighted by atomic mass is 35.5. The smallest absolute Gasteiger partial charge is 0.252 e. The topological polar surface area (TPSA) is 54.0 Å². The van der Waals surface area contributed by atoms with Crippen molar-refractivity contribution in [3.63, 3.8) is 0 Å². The van der Waals surface area contributed by atoms with E-state index in [0.717, 1.165) is 12.2 Å². The molecule has 0 saturated heterocycles. The molecule has 1 aromatic rings. The molecule has 0 saturated carbocycles. The van der Waals surface area contributed by atoms with Gasteiger partial charge in [0.05, 0.1) is 5.56 Å². The fraction of sp³-hybridized carbons (Fsp3) is 0.500. The molecule has 0 aliphatic carbocycles. The number of pyridine rings is 1. The van der Waals surface area contributed by atoms with Gasteiger partial charge in [0.25, 0.3) is 5.91 Å². The largest absolute Gasteiger partial charge is 0.350 e. The molecular weight excluding hydrogens is 273 g/mol. The Balaban J connectivity index is 0. The summed E-state index contributed by atoms with van der Waals surface area (Å²) in [5, 5.41) is 6.09. The van der Waals surface area contributed by atoms with Gasteiger partial charge >= 0.3 is 0 Å². The third-order valence-electron chi connectivity index (χ3n) is 2.29. The van der Waals surface area contributed by atoms with Gasteiger partial charge in [-0.3, -0.25) is 9.78 Å². The van der Waals surface area contributed by atoms with Gasteiger partial charge in [0.1, 0.15) is 0 Å². The Hall–Kier alpha value is -0.840. The van der Waals surface area contributed by atoms with Crippen molar-refractivity contribution in [1.29, 1.82) is 0 Å². The molecule has 18 heavy (non-hydrogen) atoms. The summed E-state index contributed by atoms with van der Waals surface area (Å²) in [6.45, 7) is 7.51. The van der Waals surface area contributed by atoms with Crippen LogP contribution in [0.3, 0.4) is 0 Å². The zero-order valence-electron chi connectivity index (χ0n) is 10.9. The zero-order chi connectivity index (χ0) is 12.0. The lowest BCUT2D eigenvalue weighted by Crippen LogP contribution is -2.38. The van der Waals surface area contributed by atoms with Crippen molar-refractivity contribution in [2.24, 2.45) is 0 Å². The van der Waals surface area contributed by atoms with E-state index in [0.29, 0.717) is 12.1 Å². The number of aromatic nitrogens is 1. The van der Waals surface area contributed by atoms with Gasteiger partial charge in [-0.15, -0.1) is 24.8 Å². The Kier molecular flexibility index (Phi) is 11.0. The molecule has 0 spiro atoms. The van der Waals surface area contributed by atoms with E-state index in [1.165, 1.54) is 0 Å². The van der Waals surface area contributed by atoms with Crippen LogP contribution in [0.25, 0.3) is 0 Å². The summed E-state index contributed by atoms with van der Waals surface area (Å²) >= 11 is 0. The average Bonchev–Trinajstić information content (AvgIpc) is 2.27. The number of amides is 1. The van der Waals surface area contributed by atoms with Crippen LogP contribution in [-0.2, 0) is 0 Å². The van der Waals surface area contributed by atoms with E-state index in [-0.39, 0.29) is 36.8 Å². The number of nitrogens with zero attached hydrogens (tertiary/aromatic N) is 1. The molecule has 1 aromatic heterocycles. The molecule has 0 aromatic carbocycles. The van der Waals surface area contributed by atoms with Crippen molar-refractivity contribution in [2.75, 3.05) is 13.1 Å². The number of halogens is 2. The van der Waals surface area contributed by atoms with Gasteiger partial charge in [0.15, 0.2) is 0 Å². The Morgan fingerprint density at radius 2 is 2.06 bits per heavy atom. The fourth-order valence-corrected chi connectivity index (χ4v) is 1.37. The second-order valence-electron chi connectivity index (χ2n) is 3.86. The normalized spacial score (nSPS) is 10.8. The van der Waals surface area contributed by atoms with E-state index >= 15 is 0 Å². The van der Waals surface area contributed by atoms with Crippen molar-refractivity contribution < 1.29 is 4.79 Å². The Bertz CT molecular complexity index is 344. The minimum absolute atomic E-state index is 0. The first kappa shape index (κ1) is 19.5. The van der Waals surface area contributed by atoms with Crippen LogP contribution in [-0.4, -0.2) is 30.0 Å². The summed E-state index contributed by atoms with van der Waals surface area (Å²) in [6.07, 6.45) is 1.60. The molecule has 2 N–H and O–H groups in total. The molecule has 0 bridgehead atoms. The third kappa shape index (κ3) is 6.79. The highest BCUT2D eigenvalue weighted by molar-refractivity contribution is 5.93. The van der Waals surface area contributed by atoms with Gasteiger partial charge < -0.3 is 10.6 Å². The second kappa shape index (κ2) is 10.1. The van der Waals surface area contributed by atoms with Gasteiger partial charge in [-0.25, -0.2) is 0 Å². The molecule has 1 atom stereocenters. The molecule has 4 nitrogen and oxygen atoms in total. The van der Waals surface area contributed by atoms with Gasteiger partial charge in [-0.1, -0.05) is 6.92 Å². The predicted molar refractivity (Wildman–Crippen MR) is 78.9 cm³/mol. The molecule has 6 heteroatoms. The van der Waals surface area contributed by atoms with Crippen molar-refractivity contribution >= 4 is 30.7 Å². The van der Waals surface area contributed by atoms with E-state index in [4.69, 9.17) is 0 Å². The average molecular weight is 294 g/mol. The number of carbonyl (C=O) groups excluding carboxylic acids is 1. The van der Waals surface area contributed by atoms with E-state index in [2.05, 4.69) is 15.6 Å². The molecule has 104 valence electrons. The summed E-state index contributed by atoms with van der Waals surface area (Å²) in [6, 6.07) is 3.91. The Labute approximate surface area is 121 Å². The van der Waals surface area contributed by atoms with Crippen molar-refractivity contribution in [3.8, 4) is 0 Å². The minimum atomic E-state index is -0.0720. The molecule has 0 aliphatic rings. The van der Waals surface area contributed by atoms with Crippen LogP contribution in [0, 0.1) is 6.92 Å². The maximum Gasteiger partial charge on any atom is 0.252 e. The van der Waals surface area contributed by atoms with Crippen LogP contribution >= 0.6 is 24.8 Å². The number of nitrogens with one attached hydrogen (secondary N) is 2. The van der Waals surface area contributed by atoms with Crippen LogP contribution in [0.4, 0.5) is 0 Å². The monoisotopic (exact) mass is 293 g/mol. The molecule has 0 radical (unpaired) electrons. The summed E-state index contributed by atoms with van der Waals surface area (Å²) < 4.78 is 0. The molecular formula is C12H21Cl2N3O. The summed E-state index contributed by atoms with van der Waals surface area (Å²) in [4.78, 5) is 15.8. The molecule has 1 heterocycles. The highest BCUT2D eigenvalue weighted by Crippen LogP contribution is 1.98. The maximum absolute atomic E-state index is 11.7. The minimum Gasteiger partial charge on any atom is -0.350 e. The lowest BCUT2D eigenvalue weighted by atomic mass is 10.2. The molecule has 1 amide bonds. The molecule has 0 aliphatic heterocycles. The van der Waals surface area contributed by atoms with Crippen LogP contribution in [0.1, 0.15) is 29.9 Å². The highest BCUT2D eigenvalue weighted by Gasteiger charge is 2.06. The quantitative estimate of drug-likeness (QED) is 0.873. The van der Waals surface area contributed by atoms with E-state index in [1.807, 2.05) is 26.8 Å². The van der Waals surface area contributed by atoms with Crippen LogP contribution in [0.2, 0.25) is 0 Å². The summed E-state index contributed by atoms with van der Waals surface area (Å²) in [7, 11) is 0. The first-order chi connectivity index (χ1) is 7.63. The lowest BCUT2D eigenvalue weighted by Gasteiger charge is -2.13. The number of rotatable bonds is 5.